The Morgan fingerprint density at radius 2 is 1.00 bits per heavy atom. The van der Waals surface area contributed by atoms with Crippen LogP contribution in [0, 0.1) is 0 Å². The lowest BCUT2D eigenvalue weighted by Gasteiger charge is -2.04. The van der Waals surface area contributed by atoms with Crippen molar-refractivity contribution >= 4 is 18.3 Å². The Morgan fingerprint density at radius 3 is 1.00 bits per heavy atom. The molecular weight excluding hydrogens is 146 g/mol. The summed E-state index contributed by atoms with van der Waals surface area (Å²) in [4.78, 5) is 28.5. The summed E-state index contributed by atoms with van der Waals surface area (Å²) in [5.41, 5.74) is 0. The monoisotopic (exact) mass is 149 g/mol. The van der Waals surface area contributed by atoms with E-state index in [2.05, 4.69) is 0 Å². The van der Waals surface area contributed by atoms with E-state index < -0.39 is 23.2 Å². The van der Waals surface area contributed by atoms with E-state index >= 15 is 0 Å². The van der Waals surface area contributed by atoms with Crippen LogP contribution in [-0.4, -0.2) is 38.5 Å². The highest BCUT2D eigenvalue weighted by molar-refractivity contribution is 6.01. The summed E-state index contributed by atoms with van der Waals surface area (Å²) in [5.74, 6) is 0. The minimum atomic E-state index is -2.04. The Balaban J connectivity index is 4.43. The summed E-state index contributed by atoms with van der Waals surface area (Å²) in [5, 5.41) is 23.6. The van der Waals surface area contributed by atoms with Crippen LogP contribution in [0.15, 0.2) is 0 Å². The zero-order valence-corrected chi connectivity index (χ0v) is 4.51. The maximum atomic E-state index is 9.75. The highest BCUT2D eigenvalue weighted by Gasteiger charge is 2.26. The molecule has 0 unspecified atom stereocenters. The molecule has 0 radical (unpaired) electrons. The van der Waals surface area contributed by atoms with Crippen LogP contribution in [0.3, 0.4) is 0 Å². The van der Waals surface area contributed by atoms with Gasteiger partial charge in [-0.25, -0.2) is 14.4 Å². The summed E-state index contributed by atoms with van der Waals surface area (Å²) in [6.07, 6.45) is -6.12. The van der Waals surface area contributed by atoms with Crippen molar-refractivity contribution in [3.8, 4) is 0 Å². The number of nitrogens with zero attached hydrogens (tertiary/aromatic N) is 1. The van der Waals surface area contributed by atoms with Gasteiger partial charge >= 0.3 is 18.3 Å². The third kappa shape index (κ3) is 1.62. The molecule has 0 saturated carbocycles. The molecule has 0 bridgehead atoms. The van der Waals surface area contributed by atoms with Crippen molar-refractivity contribution in [2.45, 2.75) is 0 Å². The van der Waals surface area contributed by atoms with Gasteiger partial charge in [0.25, 0.3) is 0 Å². The number of amides is 3. The molecule has 0 aliphatic rings. The van der Waals surface area contributed by atoms with Crippen molar-refractivity contribution in [3.63, 3.8) is 0 Å². The smallest absolute Gasteiger partial charge is 0.426 e. The summed E-state index contributed by atoms with van der Waals surface area (Å²) in [6.45, 7) is 0. The Labute approximate surface area is 54.1 Å². The number of rotatable bonds is 0. The van der Waals surface area contributed by atoms with Crippen LogP contribution in [0.5, 0.6) is 0 Å². The molecule has 0 rings (SSSR count). The first-order chi connectivity index (χ1) is 4.46. The quantitative estimate of drug-likeness (QED) is 0.456. The Bertz CT molecular complexity index is 152. The van der Waals surface area contributed by atoms with Crippen LogP contribution in [0.1, 0.15) is 0 Å². The summed E-state index contributed by atoms with van der Waals surface area (Å²) >= 11 is 0. The van der Waals surface area contributed by atoms with E-state index in [4.69, 9.17) is 15.3 Å². The molecule has 7 heteroatoms. The average molecular weight is 149 g/mol. The van der Waals surface area contributed by atoms with Gasteiger partial charge in [0.2, 0.25) is 0 Å². The Hall–Kier alpha value is -1.79. The molecule has 56 valence electrons. The van der Waals surface area contributed by atoms with E-state index in [-0.39, 0.29) is 0 Å². The summed E-state index contributed by atoms with van der Waals surface area (Å²) in [7, 11) is 0. The first-order valence-corrected chi connectivity index (χ1v) is 1.95. The number of imide groups is 3. The molecule has 7 nitrogen and oxygen atoms in total. The number of carboxylic acid groups (broad SMARTS) is 3. The Kier molecular flexibility index (Phi) is 2.19. The molecule has 0 heterocycles. The van der Waals surface area contributed by atoms with Crippen LogP contribution in [0.2, 0.25) is 0 Å². The maximum absolute atomic E-state index is 9.75. The molecule has 0 fully saturated rings. The SMILES string of the molecule is O=C(O)N(C(=O)O)C(=O)O. The molecule has 0 aliphatic carbocycles. The second-order valence-corrected chi connectivity index (χ2v) is 1.18. The van der Waals surface area contributed by atoms with E-state index in [1.165, 1.54) is 0 Å². The van der Waals surface area contributed by atoms with Crippen molar-refractivity contribution in [3.05, 3.63) is 0 Å². The molecular formula is C3H3NO6. The van der Waals surface area contributed by atoms with Crippen LogP contribution >= 0.6 is 0 Å². The minimum Gasteiger partial charge on any atom is -0.464 e. The fourth-order valence-corrected chi connectivity index (χ4v) is 0.245. The Morgan fingerprint density at radius 1 is 0.800 bits per heavy atom. The lowest BCUT2D eigenvalue weighted by atomic mass is 10.8. The van der Waals surface area contributed by atoms with Crippen LogP contribution in [0.4, 0.5) is 14.4 Å². The van der Waals surface area contributed by atoms with Crippen LogP contribution in [-0.2, 0) is 0 Å². The zero-order chi connectivity index (χ0) is 8.31. The van der Waals surface area contributed by atoms with E-state index in [0.29, 0.717) is 0 Å². The second kappa shape index (κ2) is 2.67. The molecule has 0 aromatic rings. The van der Waals surface area contributed by atoms with Crippen molar-refractivity contribution in [1.29, 1.82) is 0 Å². The second-order valence-electron chi connectivity index (χ2n) is 1.18. The summed E-state index contributed by atoms with van der Waals surface area (Å²) in [6, 6.07) is 0. The number of hydrogen-bond acceptors (Lipinski definition) is 3. The van der Waals surface area contributed by atoms with E-state index in [9.17, 15) is 14.4 Å². The van der Waals surface area contributed by atoms with Crippen molar-refractivity contribution in [1.82, 2.24) is 4.90 Å². The van der Waals surface area contributed by atoms with E-state index in [1.807, 2.05) is 0 Å². The van der Waals surface area contributed by atoms with E-state index in [1.54, 1.807) is 0 Å². The predicted molar refractivity (Wildman–Crippen MR) is 25.9 cm³/mol. The number of hydrogen-bond donors (Lipinski definition) is 3. The average Bonchev–Trinajstić information content (AvgIpc) is 1.59. The van der Waals surface area contributed by atoms with Crippen molar-refractivity contribution in [2.24, 2.45) is 0 Å². The molecule has 0 aliphatic heterocycles. The largest absolute Gasteiger partial charge is 0.464 e. The van der Waals surface area contributed by atoms with Gasteiger partial charge in [-0.3, -0.25) is 0 Å². The molecule has 0 spiro atoms. The van der Waals surface area contributed by atoms with Gasteiger partial charge in [0.1, 0.15) is 0 Å². The van der Waals surface area contributed by atoms with Crippen molar-refractivity contribution < 1.29 is 29.7 Å². The van der Waals surface area contributed by atoms with Gasteiger partial charge in [-0.15, -0.1) is 4.90 Å². The van der Waals surface area contributed by atoms with Crippen LogP contribution in [0.25, 0.3) is 0 Å². The van der Waals surface area contributed by atoms with Gasteiger partial charge in [0, 0.05) is 0 Å². The zero-order valence-electron chi connectivity index (χ0n) is 4.51. The molecule has 0 aromatic heterocycles. The predicted octanol–water partition coefficient (Wildman–Crippen LogP) is 0.322. The molecule has 3 amide bonds. The standard InChI is InChI=1S/C3H3NO6/c5-1(6)4(2(7)8)3(9)10/h(H,5,6)(H,7,8)(H,9,10). The summed E-state index contributed by atoms with van der Waals surface area (Å²) < 4.78 is 0. The molecule has 0 saturated heterocycles. The number of carbonyl (C=O) groups is 3. The van der Waals surface area contributed by atoms with E-state index in [0.717, 1.165) is 0 Å². The first-order valence-electron chi connectivity index (χ1n) is 1.95. The normalized spacial score (nSPS) is 8.40. The highest BCUT2D eigenvalue weighted by atomic mass is 16.5. The van der Waals surface area contributed by atoms with Gasteiger partial charge in [0.15, 0.2) is 0 Å². The third-order valence-corrected chi connectivity index (χ3v) is 0.574. The van der Waals surface area contributed by atoms with Gasteiger partial charge in [0.05, 0.1) is 0 Å². The first kappa shape index (κ1) is 8.21. The molecule has 3 N–H and O–H groups in total. The lowest BCUT2D eigenvalue weighted by Crippen LogP contribution is -2.38. The fraction of sp³-hybridized carbons (Fsp3) is 0. The van der Waals surface area contributed by atoms with Gasteiger partial charge in [-0.2, -0.15) is 0 Å². The molecule has 10 heavy (non-hydrogen) atoms. The third-order valence-electron chi connectivity index (χ3n) is 0.574. The minimum absolute atomic E-state index is 0.750. The maximum Gasteiger partial charge on any atom is 0.426 e. The van der Waals surface area contributed by atoms with Crippen LogP contribution < -0.4 is 0 Å². The molecule has 0 atom stereocenters. The highest BCUT2D eigenvalue weighted by Crippen LogP contribution is 1.90. The lowest BCUT2D eigenvalue weighted by molar-refractivity contribution is 0.111. The topological polar surface area (TPSA) is 115 Å². The fourth-order valence-electron chi connectivity index (χ4n) is 0.245. The van der Waals surface area contributed by atoms with Gasteiger partial charge in [-0.1, -0.05) is 0 Å². The van der Waals surface area contributed by atoms with Gasteiger partial charge < -0.3 is 15.3 Å². The van der Waals surface area contributed by atoms with Crippen molar-refractivity contribution in [2.75, 3.05) is 0 Å². The molecule has 0 aromatic carbocycles. The van der Waals surface area contributed by atoms with Gasteiger partial charge in [-0.05, 0) is 0 Å².